The zero-order chi connectivity index (χ0) is 14.9. The maximum absolute atomic E-state index is 12.2. The van der Waals surface area contributed by atoms with E-state index in [2.05, 4.69) is 4.90 Å². The molecule has 2 fully saturated rings. The lowest BCUT2D eigenvalue weighted by Gasteiger charge is -2.40. The van der Waals surface area contributed by atoms with Crippen molar-refractivity contribution in [3.8, 4) is 0 Å². The minimum absolute atomic E-state index is 0.201. The highest BCUT2D eigenvalue weighted by atomic mass is 16.4. The standard InChI is InChI=1S/C15H26N2O3/c1-15(2,3)14(20)16-9-6-11(7-10-16)17-8-4-5-12(17)13(18)19/h11-12H,4-10H2,1-3H3,(H,18,19). The van der Waals surface area contributed by atoms with Crippen LogP contribution in [0.3, 0.4) is 0 Å². The number of amides is 1. The van der Waals surface area contributed by atoms with Gasteiger partial charge in [0.15, 0.2) is 0 Å². The maximum atomic E-state index is 12.2. The average Bonchev–Trinajstić information content (AvgIpc) is 2.86. The fourth-order valence-corrected chi connectivity index (χ4v) is 3.37. The zero-order valence-corrected chi connectivity index (χ0v) is 12.8. The summed E-state index contributed by atoms with van der Waals surface area (Å²) < 4.78 is 0. The largest absolute Gasteiger partial charge is 0.480 e. The molecule has 5 nitrogen and oxygen atoms in total. The van der Waals surface area contributed by atoms with Crippen LogP contribution >= 0.6 is 0 Å². The summed E-state index contributed by atoms with van der Waals surface area (Å²) in [5.74, 6) is -0.497. The number of piperidine rings is 1. The highest BCUT2D eigenvalue weighted by Crippen LogP contribution is 2.28. The molecule has 1 atom stereocenters. The molecule has 2 heterocycles. The van der Waals surface area contributed by atoms with Crippen LogP contribution in [0.2, 0.25) is 0 Å². The van der Waals surface area contributed by atoms with Gasteiger partial charge in [-0.1, -0.05) is 20.8 Å². The van der Waals surface area contributed by atoms with E-state index in [0.717, 1.165) is 45.3 Å². The van der Waals surface area contributed by atoms with Gasteiger partial charge >= 0.3 is 5.97 Å². The Bertz CT molecular complexity index is 381. The smallest absolute Gasteiger partial charge is 0.320 e. The molecule has 0 aromatic rings. The van der Waals surface area contributed by atoms with Crippen LogP contribution in [0.25, 0.3) is 0 Å². The molecule has 5 heteroatoms. The molecule has 1 N–H and O–H groups in total. The molecule has 0 aromatic heterocycles. The number of nitrogens with zero attached hydrogens (tertiary/aromatic N) is 2. The highest BCUT2D eigenvalue weighted by molar-refractivity contribution is 5.81. The van der Waals surface area contributed by atoms with Crippen molar-refractivity contribution in [1.82, 2.24) is 9.80 Å². The molecule has 0 bridgehead atoms. The van der Waals surface area contributed by atoms with E-state index in [4.69, 9.17) is 0 Å². The number of carboxylic acids is 1. The van der Waals surface area contributed by atoms with Crippen LogP contribution < -0.4 is 0 Å². The summed E-state index contributed by atoms with van der Waals surface area (Å²) in [6, 6.07) is 0.00693. The Morgan fingerprint density at radius 1 is 1.05 bits per heavy atom. The molecule has 0 aromatic carbocycles. The molecule has 2 aliphatic rings. The monoisotopic (exact) mass is 282 g/mol. The lowest BCUT2D eigenvalue weighted by atomic mass is 9.92. The van der Waals surface area contributed by atoms with Crippen molar-refractivity contribution in [1.29, 1.82) is 0 Å². The Balaban J connectivity index is 1.91. The molecule has 20 heavy (non-hydrogen) atoms. The summed E-state index contributed by atoms with van der Waals surface area (Å²) in [6.07, 6.45) is 3.52. The van der Waals surface area contributed by atoms with Gasteiger partial charge in [-0.15, -0.1) is 0 Å². The van der Waals surface area contributed by atoms with Crippen LogP contribution in [0.1, 0.15) is 46.5 Å². The van der Waals surface area contributed by atoms with Crippen molar-refractivity contribution >= 4 is 11.9 Å². The number of likely N-dealkylation sites (tertiary alicyclic amines) is 2. The normalized spacial score (nSPS) is 25.9. The van der Waals surface area contributed by atoms with Gasteiger partial charge in [-0.3, -0.25) is 14.5 Å². The van der Waals surface area contributed by atoms with Gasteiger partial charge in [0.25, 0.3) is 0 Å². The molecule has 0 radical (unpaired) electrons. The molecular formula is C15H26N2O3. The second-order valence-electron chi connectivity index (χ2n) is 7.01. The molecule has 2 aliphatic heterocycles. The summed E-state index contributed by atoms with van der Waals surface area (Å²) in [7, 11) is 0. The Hall–Kier alpha value is -1.10. The second-order valence-corrected chi connectivity index (χ2v) is 7.01. The summed E-state index contributed by atoms with van der Waals surface area (Å²) >= 11 is 0. The number of hydrogen-bond acceptors (Lipinski definition) is 3. The van der Waals surface area contributed by atoms with E-state index in [0.29, 0.717) is 6.04 Å². The molecule has 114 valence electrons. The van der Waals surface area contributed by atoms with E-state index in [9.17, 15) is 14.7 Å². The lowest BCUT2D eigenvalue weighted by Crippen LogP contribution is -2.51. The average molecular weight is 282 g/mol. The molecule has 2 saturated heterocycles. The number of carboxylic acid groups (broad SMARTS) is 1. The van der Waals surface area contributed by atoms with Gasteiger partial charge in [0.1, 0.15) is 6.04 Å². The minimum atomic E-state index is -0.698. The van der Waals surface area contributed by atoms with Crippen LogP contribution in [0.5, 0.6) is 0 Å². The highest BCUT2D eigenvalue weighted by Gasteiger charge is 2.38. The molecule has 1 unspecified atom stereocenters. The van der Waals surface area contributed by atoms with Crippen molar-refractivity contribution in [2.24, 2.45) is 5.41 Å². The number of hydrogen-bond donors (Lipinski definition) is 1. The van der Waals surface area contributed by atoms with Crippen molar-refractivity contribution < 1.29 is 14.7 Å². The van der Waals surface area contributed by atoms with Crippen LogP contribution in [-0.2, 0) is 9.59 Å². The van der Waals surface area contributed by atoms with E-state index in [-0.39, 0.29) is 17.4 Å². The van der Waals surface area contributed by atoms with Gasteiger partial charge in [-0.25, -0.2) is 0 Å². The first-order valence-corrected chi connectivity index (χ1v) is 7.58. The molecule has 1 amide bonds. The van der Waals surface area contributed by atoms with Crippen LogP contribution in [-0.4, -0.2) is 58.5 Å². The van der Waals surface area contributed by atoms with Crippen LogP contribution in [0.15, 0.2) is 0 Å². The Kier molecular flexibility index (Phi) is 4.37. The van der Waals surface area contributed by atoms with Crippen molar-refractivity contribution in [3.05, 3.63) is 0 Å². The topological polar surface area (TPSA) is 60.9 Å². The van der Waals surface area contributed by atoms with Gasteiger partial charge in [-0.2, -0.15) is 0 Å². The quantitative estimate of drug-likeness (QED) is 0.835. The number of carbonyl (C=O) groups is 2. The van der Waals surface area contributed by atoms with Crippen molar-refractivity contribution in [2.75, 3.05) is 19.6 Å². The van der Waals surface area contributed by atoms with Gasteiger partial charge in [-0.05, 0) is 32.2 Å². The maximum Gasteiger partial charge on any atom is 0.320 e. The van der Waals surface area contributed by atoms with E-state index in [1.807, 2.05) is 25.7 Å². The van der Waals surface area contributed by atoms with Crippen molar-refractivity contribution in [3.63, 3.8) is 0 Å². The zero-order valence-electron chi connectivity index (χ0n) is 12.8. The van der Waals surface area contributed by atoms with Gasteiger partial charge in [0, 0.05) is 24.5 Å². The van der Waals surface area contributed by atoms with Crippen LogP contribution in [0.4, 0.5) is 0 Å². The molecule has 2 rings (SSSR count). The Labute approximate surface area is 120 Å². The lowest BCUT2D eigenvalue weighted by molar-refractivity contribution is -0.145. The first kappa shape index (κ1) is 15.3. The predicted octanol–water partition coefficient (Wildman–Crippen LogP) is 1.57. The first-order chi connectivity index (χ1) is 9.30. The number of aliphatic carboxylic acids is 1. The summed E-state index contributed by atoms with van der Waals surface area (Å²) in [6.45, 7) is 8.23. The summed E-state index contributed by atoms with van der Waals surface area (Å²) in [5.41, 5.74) is -0.329. The van der Waals surface area contributed by atoms with Crippen molar-refractivity contribution in [2.45, 2.75) is 58.5 Å². The van der Waals surface area contributed by atoms with E-state index >= 15 is 0 Å². The SMILES string of the molecule is CC(C)(C)C(=O)N1CCC(N2CCCC2C(=O)O)CC1. The van der Waals surface area contributed by atoms with E-state index in [1.165, 1.54) is 0 Å². The van der Waals surface area contributed by atoms with Crippen LogP contribution in [0, 0.1) is 5.41 Å². The Morgan fingerprint density at radius 3 is 2.15 bits per heavy atom. The first-order valence-electron chi connectivity index (χ1n) is 7.58. The van der Waals surface area contributed by atoms with Gasteiger partial charge in [0.05, 0.1) is 0 Å². The molecule has 0 saturated carbocycles. The molecular weight excluding hydrogens is 256 g/mol. The van der Waals surface area contributed by atoms with E-state index < -0.39 is 5.97 Å². The molecule has 0 spiro atoms. The molecule has 0 aliphatic carbocycles. The number of carbonyl (C=O) groups excluding carboxylic acids is 1. The third-order valence-corrected chi connectivity index (χ3v) is 4.44. The minimum Gasteiger partial charge on any atom is -0.480 e. The Morgan fingerprint density at radius 2 is 1.65 bits per heavy atom. The fraction of sp³-hybridized carbons (Fsp3) is 0.867. The van der Waals surface area contributed by atoms with Gasteiger partial charge in [0.2, 0.25) is 5.91 Å². The third kappa shape index (κ3) is 3.14. The predicted molar refractivity (Wildman–Crippen MR) is 76.4 cm³/mol. The van der Waals surface area contributed by atoms with E-state index in [1.54, 1.807) is 0 Å². The fourth-order valence-electron chi connectivity index (χ4n) is 3.37. The number of rotatable bonds is 2. The third-order valence-electron chi connectivity index (χ3n) is 4.44. The van der Waals surface area contributed by atoms with Gasteiger partial charge < -0.3 is 10.0 Å². The second kappa shape index (κ2) is 5.72. The summed E-state index contributed by atoms with van der Waals surface area (Å²) in [4.78, 5) is 27.6. The summed E-state index contributed by atoms with van der Waals surface area (Å²) in [5, 5.41) is 9.26.